The molecule has 0 aromatic heterocycles. The van der Waals surface area contributed by atoms with Gasteiger partial charge in [-0.2, -0.15) is 0 Å². The van der Waals surface area contributed by atoms with E-state index in [2.05, 4.69) is 35.2 Å². The molecule has 0 radical (unpaired) electrons. The van der Waals surface area contributed by atoms with E-state index in [0.29, 0.717) is 6.42 Å². The van der Waals surface area contributed by atoms with E-state index in [1.165, 1.54) is 24.8 Å². The number of carbonyl (C=O) groups is 1. The zero-order valence-corrected chi connectivity index (χ0v) is 17.4. The summed E-state index contributed by atoms with van der Waals surface area (Å²) in [7, 11) is 1.65. The Morgan fingerprint density at radius 1 is 1.07 bits per heavy atom. The Morgan fingerprint density at radius 2 is 1.75 bits per heavy atom. The molecular weight excluding hydrogens is 370 g/mol. The van der Waals surface area contributed by atoms with Crippen LogP contribution < -0.4 is 4.74 Å². The molecule has 4 heteroatoms. The van der Waals surface area contributed by atoms with Gasteiger partial charge in [-0.25, -0.2) is 0 Å². The number of hydrogen-bond acceptors (Lipinski definition) is 3. The first kappa shape index (κ1) is 22.2. The van der Waals surface area contributed by atoms with Crippen molar-refractivity contribution in [3.8, 4) is 5.75 Å². The standard InChI is InChI=1S/C24H29NO2.ClH/c1-27-24-11-8-20(9-12-24)7-10-23(26)15-18-25-16-13-22(14-17-25)19-21-5-3-2-4-6-21;/h2-12,22H,13-19H2,1H3;1H. The van der Waals surface area contributed by atoms with Gasteiger partial charge in [-0.1, -0.05) is 48.5 Å². The second-order valence-corrected chi connectivity index (χ2v) is 7.30. The Balaban J connectivity index is 0.00000280. The van der Waals surface area contributed by atoms with Gasteiger partial charge in [-0.15, -0.1) is 12.4 Å². The highest BCUT2D eigenvalue weighted by atomic mass is 35.5. The van der Waals surface area contributed by atoms with E-state index >= 15 is 0 Å². The van der Waals surface area contributed by atoms with Crippen LogP contribution in [0.15, 0.2) is 60.7 Å². The van der Waals surface area contributed by atoms with E-state index < -0.39 is 0 Å². The maximum atomic E-state index is 12.1. The lowest BCUT2D eigenvalue weighted by atomic mass is 9.90. The van der Waals surface area contributed by atoms with Crippen LogP contribution in [0, 0.1) is 5.92 Å². The summed E-state index contributed by atoms with van der Waals surface area (Å²) in [4.78, 5) is 14.6. The molecule has 1 heterocycles. The molecule has 0 unspecified atom stereocenters. The summed E-state index contributed by atoms with van der Waals surface area (Å²) < 4.78 is 5.14. The van der Waals surface area contributed by atoms with Crippen LogP contribution in [0.2, 0.25) is 0 Å². The number of allylic oxidation sites excluding steroid dienone is 1. The molecular formula is C24H30ClNO2. The Hall–Kier alpha value is -2.10. The number of benzene rings is 2. The van der Waals surface area contributed by atoms with Crippen LogP contribution in [0.4, 0.5) is 0 Å². The average Bonchev–Trinajstić information content (AvgIpc) is 2.73. The molecule has 2 aromatic carbocycles. The third-order valence-corrected chi connectivity index (χ3v) is 5.33. The lowest BCUT2D eigenvalue weighted by Gasteiger charge is -2.31. The SMILES string of the molecule is COc1ccc(C=CC(=O)CCN2CCC(Cc3ccccc3)CC2)cc1.Cl. The second kappa shape index (κ2) is 11.7. The van der Waals surface area contributed by atoms with E-state index in [-0.39, 0.29) is 18.2 Å². The molecule has 28 heavy (non-hydrogen) atoms. The maximum Gasteiger partial charge on any atom is 0.156 e. The van der Waals surface area contributed by atoms with Crippen molar-refractivity contribution in [1.29, 1.82) is 0 Å². The topological polar surface area (TPSA) is 29.5 Å². The second-order valence-electron chi connectivity index (χ2n) is 7.30. The number of likely N-dealkylation sites (tertiary alicyclic amines) is 1. The Labute approximate surface area is 174 Å². The number of hydrogen-bond donors (Lipinski definition) is 0. The molecule has 3 nitrogen and oxygen atoms in total. The molecule has 0 aliphatic carbocycles. The third kappa shape index (κ3) is 7.14. The number of ether oxygens (including phenoxy) is 1. The smallest absolute Gasteiger partial charge is 0.156 e. The van der Waals surface area contributed by atoms with Crippen molar-refractivity contribution >= 4 is 24.3 Å². The molecule has 2 aromatic rings. The Morgan fingerprint density at radius 3 is 2.39 bits per heavy atom. The van der Waals surface area contributed by atoms with E-state index in [0.717, 1.165) is 36.9 Å². The van der Waals surface area contributed by atoms with E-state index in [1.54, 1.807) is 13.2 Å². The molecule has 0 amide bonds. The molecule has 0 saturated carbocycles. The molecule has 0 spiro atoms. The predicted octanol–water partition coefficient (Wildman–Crippen LogP) is 5.04. The van der Waals surface area contributed by atoms with Crippen molar-refractivity contribution in [3.63, 3.8) is 0 Å². The molecule has 1 fully saturated rings. The van der Waals surface area contributed by atoms with Gasteiger partial charge in [-0.05, 0) is 67.6 Å². The van der Waals surface area contributed by atoms with Crippen molar-refractivity contribution in [1.82, 2.24) is 4.90 Å². The molecule has 0 atom stereocenters. The van der Waals surface area contributed by atoms with E-state index in [1.807, 2.05) is 30.3 Å². The van der Waals surface area contributed by atoms with Gasteiger partial charge in [0.25, 0.3) is 0 Å². The zero-order chi connectivity index (χ0) is 18.9. The summed E-state index contributed by atoms with van der Waals surface area (Å²) in [5, 5.41) is 0. The van der Waals surface area contributed by atoms with Crippen LogP contribution >= 0.6 is 12.4 Å². The number of nitrogens with zero attached hydrogens (tertiary/aromatic N) is 1. The molecule has 3 rings (SSSR count). The van der Waals surface area contributed by atoms with Crippen LogP contribution in [0.25, 0.3) is 6.08 Å². The fraction of sp³-hybridized carbons (Fsp3) is 0.375. The van der Waals surface area contributed by atoms with Crippen LogP contribution in [0.1, 0.15) is 30.4 Å². The highest BCUT2D eigenvalue weighted by Gasteiger charge is 2.19. The maximum absolute atomic E-state index is 12.1. The normalized spacial score (nSPS) is 15.3. The number of halogens is 1. The van der Waals surface area contributed by atoms with Gasteiger partial charge < -0.3 is 9.64 Å². The third-order valence-electron chi connectivity index (χ3n) is 5.33. The monoisotopic (exact) mass is 399 g/mol. The summed E-state index contributed by atoms with van der Waals surface area (Å²) in [5.41, 5.74) is 2.46. The van der Waals surface area contributed by atoms with Gasteiger partial charge in [0, 0.05) is 13.0 Å². The van der Waals surface area contributed by atoms with Gasteiger partial charge in [-0.3, -0.25) is 4.79 Å². The van der Waals surface area contributed by atoms with E-state index in [4.69, 9.17) is 4.74 Å². The largest absolute Gasteiger partial charge is 0.497 e. The zero-order valence-electron chi connectivity index (χ0n) is 16.5. The molecule has 0 N–H and O–H groups in total. The quantitative estimate of drug-likeness (QED) is 0.582. The predicted molar refractivity (Wildman–Crippen MR) is 118 cm³/mol. The first-order chi connectivity index (χ1) is 13.2. The molecule has 1 saturated heterocycles. The van der Waals surface area contributed by atoms with Crippen molar-refractivity contribution in [2.24, 2.45) is 5.92 Å². The van der Waals surface area contributed by atoms with Crippen LogP contribution in [0.3, 0.4) is 0 Å². The van der Waals surface area contributed by atoms with Gasteiger partial charge >= 0.3 is 0 Å². The molecule has 1 aliphatic heterocycles. The lowest BCUT2D eigenvalue weighted by Crippen LogP contribution is -2.35. The minimum absolute atomic E-state index is 0. The lowest BCUT2D eigenvalue weighted by molar-refractivity contribution is -0.114. The van der Waals surface area contributed by atoms with Crippen LogP contribution in [-0.4, -0.2) is 37.4 Å². The molecule has 1 aliphatic rings. The minimum atomic E-state index is 0. The summed E-state index contributed by atoms with van der Waals surface area (Å²) in [5.74, 6) is 1.79. The van der Waals surface area contributed by atoms with E-state index in [9.17, 15) is 4.79 Å². The van der Waals surface area contributed by atoms with Gasteiger partial charge in [0.05, 0.1) is 7.11 Å². The van der Waals surface area contributed by atoms with Gasteiger partial charge in [0.15, 0.2) is 5.78 Å². The Bertz CT molecular complexity index is 735. The number of methoxy groups -OCH3 is 1. The Kier molecular flexibility index (Phi) is 9.26. The summed E-state index contributed by atoms with van der Waals surface area (Å²) in [6.07, 6.45) is 7.81. The number of rotatable bonds is 8. The van der Waals surface area contributed by atoms with Crippen molar-refractivity contribution in [2.75, 3.05) is 26.7 Å². The van der Waals surface area contributed by atoms with Crippen molar-refractivity contribution in [3.05, 3.63) is 71.8 Å². The summed E-state index contributed by atoms with van der Waals surface area (Å²) >= 11 is 0. The number of piperidine rings is 1. The van der Waals surface area contributed by atoms with Crippen molar-refractivity contribution in [2.45, 2.75) is 25.7 Å². The van der Waals surface area contributed by atoms with Crippen LogP contribution in [0.5, 0.6) is 5.75 Å². The average molecular weight is 400 g/mol. The summed E-state index contributed by atoms with van der Waals surface area (Å²) in [6.45, 7) is 3.07. The fourth-order valence-corrected chi connectivity index (χ4v) is 3.62. The molecule has 150 valence electrons. The first-order valence-electron chi connectivity index (χ1n) is 9.84. The number of carbonyl (C=O) groups excluding carboxylic acids is 1. The minimum Gasteiger partial charge on any atom is -0.497 e. The first-order valence-corrected chi connectivity index (χ1v) is 9.84. The highest BCUT2D eigenvalue weighted by molar-refractivity contribution is 5.93. The van der Waals surface area contributed by atoms with Gasteiger partial charge in [0.1, 0.15) is 5.75 Å². The number of ketones is 1. The summed E-state index contributed by atoms with van der Waals surface area (Å²) in [6, 6.07) is 18.5. The van der Waals surface area contributed by atoms with Gasteiger partial charge in [0.2, 0.25) is 0 Å². The molecule has 0 bridgehead atoms. The highest BCUT2D eigenvalue weighted by Crippen LogP contribution is 2.21. The van der Waals surface area contributed by atoms with Crippen molar-refractivity contribution < 1.29 is 9.53 Å². The van der Waals surface area contributed by atoms with Crippen LogP contribution in [-0.2, 0) is 11.2 Å². The fourth-order valence-electron chi connectivity index (χ4n) is 3.62.